The van der Waals surface area contributed by atoms with Gasteiger partial charge in [0, 0.05) is 18.0 Å². The summed E-state index contributed by atoms with van der Waals surface area (Å²) in [6.45, 7) is 3.54. The fourth-order valence-corrected chi connectivity index (χ4v) is 1.84. The van der Waals surface area contributed by atoms with Gasteiger partial charge in [0.2, 0.25) is 0 Å². The van der Waals surface area contributed by atoms with E-state index in [0.717, 1.165) is 5.56 Å². The molecule has 0 aliphatic rings. The van der Waals surface area contributed by atoms with Crippen LogP contribution in [0.5, 0.6) is 0 Å². The van der Waals surface area contributed by atoms with Gasteiger partial charge in [-0.2, -0.15) is 0 Å². The second-order valence-corrected chi connectivity index (χ2v) is 4.44. The second-order valence-electron chi connectivity index (χ2n) is 4.44. The van der Waals surface area contributed by atoms with E-state index in [4.69, 9.17) is 5.21 Å². The first-order valence-corrected chi connectivity index (χ1v) is 6.13. The predicted molar refractivity (Wildman–Crippen MR) is 77.4 cm³/mol. The van der Waals surface area contributed by atoms with E-state index >= 15 is 0 Å². The quantitative estimate of drug-likeness (QED) is 0.511. The number of hydrogen-bond donors (Lipinski definition) is 2. The number of aromatic nitrogens is 1. The molecule has 1 aromatic heterocycles. The minimum atomic E-state index is -0.251. The highest BCUT2D eigenvalue weighted by molar-refractivity contribution is 6.10. The monoisotopic (exact) mass is 269 g/mol. The first-order chi connectivity index (χ1) is 9.61. The van der Waals surface area contributed by atoms with Gasteiger partial charge in [-0.25, -0.2) is 0 Å². The molecule has 2 rings (SSSR count). The molecule has 2 N–H and O–H groups in total. The Morgan fingerprint density at radius 1 is 1.30 bits per heavy atom. The Hall–Kier alpha value is -2.69. The average molecular weight is 269 g/mol. The molecule has 102 valence electrons. The molecule has 1 amide bonds. The van der Waals surface area contributed by atoms with Crippen molar-refractivity contribution in [2.75, 3.05) is 5.32 Å². The molecule has 0 aliphatic carbocycles. The van der Waals surface area contributed by atoms with Crippen LogP contribution in [0, 0.1) is 6.92 Å². The number of aryl methyl sites for hydroxylation is 1. The third kappa shape index (κ3) is 3.00. The number of anilines is 1. The van der Waals surface area contributed by atoms with Crippen LogP contribution in [0.2, 0.25) is 0 Å². The van der Waals surface area contributed by atoms with Gasteiger partial charge in [-0.15, -0.1) is 0 Å². The van der Waals surface area contributed by atoms with Gasteiger partial charge in [-0.05, 0) is 31.5 Å². The molecule has 0 unspecified atom stereocenters. The van der Waals surface area contributed by atoms with Crippen LogP contribution >= 0.6 is 0 Å². The number of nitrogens with one attached hydrogen (secondary N) is 1. The molecule has 0 spiro atoms. The van der Waals surface area contributed by atoms with E-state index in [9.17, 15) is 4.79 Å². The van der Waals surface area contributed by atoms with Crippen LogP contribution in [-0.2, 0) is 0 Å². The summed E-state index contributed by atoms with van der Waals surface area (Å²) in [5.74, 6) is -0.251. The maximum Gasteiger partial charge on any atom is 0.257 e. The van der Waals surface area contributed by atoms with Crippen molar-refractivity contribution < 1.29 is 10.0 Å². The number of amides is 1. The molecule has 0 bridgehead atoms. The summed E-state index contributed by atoms with van der Waals surface area (Å²) in [5, 5.41) is 14.8. The summed E-state index contributed by atoms with van der Waals surface area (Å²) < 4.78 is 0. The first kappa shape index (κ1) is 13.7. The molecule has 20 heavy (non-hydrogen) atoms. The molecule has 0 radical (unpaired) electrons. The number of para-hydroxylation sites is 1. The van der Waals surface area contributed by atoms with Crippen LogP contribution in [0.15, 0.2) is 47.9 Å². The highest BCUT2D eigenvalue weighted by Crippen LogP contribution is 2.17. The number of oxime groups is 1. The van der Waals surface area contributed by atoms with Gasteiger partial charge < -0.3 is 10.5 Å². The lowest BCUT2D eigenvalue weighted by atomic mass is 10.1. The maximum absolute atomic E-state index is 12.2. The number of hydrogen-bond acceptors (Lipinski definition) is 4. The Bertz CT molecular complexity index is 666. The number of rotatable bonds is 3. The Balaban J connectivity index is 2.29. The topological polar surface area (TPSA) is 74.6 Å². The lowest BCUT2D eigenvalue weighted by Crippen LogP contribution is -2.14. The predicted octanol–water partition coefficient (Wildman–Crippen LogP) is 2.84. The van der Waals surface area contributed by atoms with Crippen molar-refractivity contribution in [2.45, 2.75) is 13.8 Å². The van der Waals surface area contributed by atoms with Crippen molar-refractivity contribution in [2.24, 2.45) is 5.16 Å². The normalized spacial score (nSPS) is 11.2. The standard InChI is InChI=1S/C15H15N3O2/c1-10-7-12(9-16-8-10)15(19)17-14-6-4-3-5-13(14)11(2)18-20/h3-9,20H,1-2H3,(H,17,19). The summed E-state index contributed by atoms with van der Waals surface area (Å²) in [5.41, 5.74) is 3.10. The molecule has 1 heterocycles. The second kappa shape index (κ2) is 5.97. The van der Waals surface area contributed by atoms with Gasteiger partial charge in [-0.3, -0.25) is 9.78 Å². The van der Waals surface area contributed by atoms with Crippen LogP contribution in [0.4, 0.5) is 5.69 Å². The SMILES string of the molecule is CC(=NO)c1ccccc1NC(=O)c1cncc(C)c1. The first-order valence-electron chi connectivity index (χ1n) is 6.13. The summed E-state index contributed by atoms with van der Waals surface area (Å²) in [4.78, 5) is 16.2. The van der Waals surface area contributed by atoms with E-state index in [-0.39, 0.29) is 5.91 Å². The van der Waals surface area contributed by atoms with Gasteiger partial charge >= 0.3 is 0 Å². The number of nitrogens with zero attached hydrogens (tertiary/aromatic N) is 2. The molecule has 1 aromatic carbocycles. The zero-order valence-corrected chi connectivity index (χ0v) is 11.3. The van der Waals surface area contributed by atoms with Gasteiger partial charge in [0.05, 0.1) is 17.0 Å². The average Bonchev–Trinajstić information content (AvgIpc) is 2.47. The fraction of sp³-hybridized carbons (Fsp3) is 0.133. The minimum absolute atomic E-state index is 0.251. The molecule has 5 heteroatoms. The molecule has 0 saturated heterocycles. The third-order valence-electron chi connectivity index (χ3n) is 2.85. The van der Waals surface area contributed by atoms with Crippen LogP contribution in [0.25, 0.3) is 0 Å². The van der Waals surface area contributed by atoms with Crippen molar-refractivity contribution in [3.63, 3.8) is 0 Å². The molecule has 0 aliphatic heterocycles. The van der Waals surface area contributed by atoms with Gasteiger partial charge in [-0.1, -0.05) is 23.4 Å². The van der Waals surface area contributed by atoms with Crippen molar-refractivity contribution in [3.8, 4) is 0 Å². The van der Waals surface area contributed by atoms with Crippen molar-refractivity contribution in [1.29, 1.82) is 0 Å². The van der Waals surface area contributed by atoms with Gasteiger partial charge in [0.1, 0.15) is 0 Å². The number of pyridine rings is 1. The van der Waals surface area contributed by atoms with E-state index in [1.54, 1.807) is 37.4 Å². The molecule has 2 aromatic rings. The van der Waals surface area contributed by atoms with E-state index in [1.165, 1.54) is 6.20 Å². The highest BCUT2D eigenvalue weighted by Gasteiger charge is 2.11. The van der Waals surface area contributed by atoms with E-state index in [2.05, 4.69) is 15.5 Å². The maximum atomic E-state index is 12.2. The molecular weight excluding hydrogens is 254 g/mol. The van der Waals surface area contributed by atoms with Gasteiger partial charge in [0.25, 0.3) is 5.91 Å². The van der Waals surface area contributed by atoms with Crippen LogP contribution in [0.1, 0.15) is 28.4 Å². The van der Waals surface area contributed by atoms with Gasteiger partial charge in [0.15, 0.2) is 0 Å². The minimum Gasteiger partial charge on any atom is -0.411 e. The van der Waals surface area contributed by atoms with E-state index < -0.39 is 0 Å². The zero-order chi connectivity index (χ0) is 14.5. The van der Waals surface area contributed by atoms with Crippen molar-refractivity contribution in [1.82, 2.24) is 4.98 Å². The summed E-state index contributed by atoms with van der Waals surface area (Å²) >= 11 is 0. The molecule has 5 nitrogen and oxygen atoms in total. The lowest BCUT2D eigenvalue weighted by molar-refractivity contribution is 0.102. The number of benzene rings is 1. The van der Waals surface area contributed by atoms with E-state index in [0.29, 0.717) is 22.5 Å². The number of carbonyl (C=O) groups excluding carboxylic acids is 1. The Morgan fingerprint density at radius 2 is 2.05 bits per heavy atom. The molecular formula is C15H15N3O2. The zero-order valence-electron chi connectivity index (χ0n) is 11.3. The Morgan fingerprint density at radius 3 is 2.75 bits per heavy atom. The largest absolute Gasteiger partial charge is 0.411 e. The lowest BCUT2D eigenvalue weighted by Gasteiger charge is -2.10. The smallest absolute Gasteiger partial charge is 0.257 e. The number of carbonyl (C=O) groups is 1. The summed E-state index contributed by atoms with van der Waals surface area (Å²) in [6, 6.07) is 8.91. The van der Waals surface area contributed by atoms with Crippen molar-refractivity contribution in [3.05, 3.63) is 59.4 Å². The molecule has 0 saturated carbocycles. The molecule has 0 fully saturated rings. The Kier molecular flexibility index (Phi) is 4.10. The van der Waals surface area contributed by atoms with Crippen LogP contribution < -0.4 is 5.32 Å². The Labute approximate surface area is 117 Å². The van der Waals surface area contributed by atoms with Crippen LogP contribution in [0.3, 0.4) is 0 Å². The van der Waals surface area contributed by atoms with Crippen LogP contribution in [-0.4, -0.2) is 21.8 Å². The summed E-state index contributed by atoms with van der Waals surface area (Å²) in [6.07, 6.45) is 3.20. The van der Waals surface area contributed by atoms with E-state index in [1.807, 2.05) is 13.0 Å². The third-order valence-corrected chi connectivity index (χ3v) is 2.85. The summed E-state index contributed by atoms with van der Waals surface area (Å²) in [7, 11) is 0. The highest BCUT2D eigenvalue weighted by atomic mass is 16.4. The fourth-order valence-electron chi connectivity index (χ4n) is 1.84. The van der Waals surface area contributed by atoms with Crippen molar-refractivity contribution >= 4 is 17.3 Å². The molecule has 0 atom stereocenters.